The van der Waals surface area contributed by atoms with Crippen molar-refractivity contribution in [3.8, 4) is 0 Å². The van der Waals surface area contributed by atoms with Gasteiger partial charge in [-0.05, 0) is 72.6 Å². The van der Waals surface area contributed by atoms with Gasteiger partial charge in [-0.25, -0.2) is 9.97 Å². The second-order valence-electron chi connectivity index (χ2n) is 9.73. The molecule has 0 aromatic carbocycles. The molecule has 0 amide bonds. The summed E-state index contributed by atoms with van der Waals surface area (Å²) in [6, 6.07) is 8.75. The molecule has 6 heterocycles. The van der Waals surface area contributed by atoms with E-state index < -0.39 is 11.9 Å². The molecule has 36 heavy (non-hydrogen) atoms. The molecule has 0 bridgehead atoms. The van der Waals surface area contributed by atoms with Crippen LogP contribution in [0.4, 0.5) is 19.0 Å². The average molecular weight is 507 g/mol. The molecule has 1 fully saturated rings. The number of hydrogen-bond donors (Lipinski definition) is 0. The van der Waals surface area contributed by atoms with Crippen LogP contribution in [-0.4, -0.2) is 37.4 Å². The van der Waals surface area contributed by atoms with Crippen molar-refractivity contribution >= 4 is 34.4 Å². The Morgan fingerprint density at radius 1 is 0.889 bits per heavy atom. The van der Waals surface area contributed by atoms with Gasteiger partial charge >= 0.3 is 6.18 Å². The molecule has 5 aromatic rings. The normalized spacial score (nSPS) is 17.5. The van der Waals surface area contributed by atoms with E-state index in [9.17, 15) is 13.2 Å². The topological polar surface area (TPSA) is 59.2 Å². The summed E-state index contributed by atoms with van der Waals surface area (Å²) in [6.45, 7) is 1.82. The lowest BCUT2D eigenvalue weighted by Crippen LogP contribution is -2.40. The van der Waals surface area contributed by atoms with Crippen LogP contribution >= 0.6 is 11.8 Å². The van der Waals surface area contributed by atoms with Crippen LogP contribution in [0.15, 0.2) is 64.9 Å². The van der Waals surface area contributed by atoms with E-state index in [-0.39, 0.29) is 4.90 Å². The summed E-state index contributed by atoms with van der Waals surface area (Å²) in [5.41, 5.74) is 4.46. The molecule has 0 radical (unpaired) electrons. The monoisotopic (exact) mass is 506 g/mol. The van der Waals surface area contributed by atoms with Crippen LogP contribution in [0.2, 0.25) is 0 Å². The number of alkyl halides is 3. The van der Waals surface area contributed by atoms with E-state index in [2.05, 4.69) is 25.9 Å². The zero-order valence-corrected chi connectivity index (χ0v) is 20.0. The largest absolute Gasteiger partial charge is 0.434 e. The molecule has 1 saturated heterocycles. The van der Waals surface area contributed by atoms with Crippen molar-refractivity contribution in [3.63, 3.8) is 0 Å². The van der Waals surface area contributed by atoms with Crippen LogP contribution in [-0.2, 0) is 19.0 Å². The maximum absolute atomic E-state index is 13.5. The standard InChI is InChI=1S/C26H21F3N6S/c27-26(28,29)22-19(2-1-8-31-22)36-20-3-4-21-33-23(18-15-32-24(20)35(18)21)34-10-6-25(7-11-34)12-16-5-9-30-14-17(16)13-25/h1-5,8-9,14-15H,6-7,10-13H2. The minimum Gasteiger partial charge on any atom is -0.355 e. The Bertz CT molecular complexity index is 1560. The molecule has 6 nitrogen and oxygen atoms in total. The lowest BCUT2D eigenvalue weighted by molar-refractivity contribution is -0.143. The SMILES string of the molecule is FC(F)(F)c1ncccc1Sc1ccc2nc(N3CCC4(CC3)Cc3ccncc3C4)c3cnc1n23. The van der Waals surface area contributed by atoms with Crippen molar-refractivity contribution < 1.29 is 13.2 Å². The van der Waals surface area contributed by atoms with Gasteiger partial charge in [-0.1, -0.05) is 11.8 Å². The number of piperidine rings is 1. The third kappa shape index (κ3) is 3.42. The fourth-order valence-corrected chi connectivity index (χ4v) is 6.81. The van der Waals surface area contributed by atoms with Crippen molar-refractivity contribution in [3.05, 3.63) is 71.9 Å². The molecule has 1 spiro atoms. The molecule has 0 saturated carbocycles. The van der Waals surface area contributed by atoms with E-state index >= 15 is 0 Å². The third-order valence-corrected chi connectivity index (χ3v) is 8.65. The van der Waals surface area contributed by atoms with Gasteiger partial charge in [0.1, 0.15) is 11.2 Å². The molecule has 0 atom stereocenters. The Hall–Kier alpha value is -3.40. The number of pyridine rings is 3. The molecule has 1 aliphatic carbocycles. The molecular formula is C26H21F3N6S. The van der Waals surface area contributed by atoms with Crippen molar-refractivity contribution in [2.45, 2.75) is 41.7 Å². The average Bonchev–Trinajstić information content (AvgIpc) is 3.56. The van der Waals surface area contributed by atoms with E-state index in [1.54, 1.807) is 12.3 Å². The summed E-state index contributed by atoms with van der Waals surface area (Å²) in [5, 5.41) is 0. The number of fused-ring (bicyclic) bond motifs is 1. The number of imidazole rings is 2. The van der Waals surface area contributed by atoms with E-state index in [1.165, 1.54) is 23.3 Å². The molecule has 0 N–H and O–H groups in total. The fourth-order valence-electron chi connectivity index (χ4n) is 5.79. The molecule has 2 aliphatic rings. The number of aromatic nitrogens is 5. The van der Waals surface area contributed by atoms with Gasteiger partial charge in [-0.3, -0.25) is 14.4 Å². The highest BCUT2D eigenvalue weighted by molar-refractivity contribution is 7.99. The smallest absolute Gasteiger partial charge is 0.355 e. The number of nitrogens with zero attached hydrogens (tertiary/aromatic N) is 6. The molecule has 0 unspecified atom stereocenters. The number of halogens is 3. The van der Waals surface area contributed by atoms with Crippen LogP contribution in [0.3, 0.4) is 0 Å². The lowest BCUT2D eigenvalue weighted by Gasteiger charge is -2.39. The van der Waals surface area contributed by atoms with Gasteiger partial charge in [0.2, 0.25) is 0 Å². The minimum atomic E-state index is -4.52. The maximum atomic E-state index is 13.5. The molecular weight excluding hydrogens is 485 g/mol. The number of hydrogen-bond acceptors (Lipinski definition) is 6. The Labute approximate surface area is 208 Å². The van der Waals surface area contributed by atoms with Crippen LogP contribution < -0.4 is 4.90 Å². The van der Waals surface area contributed by atoms with Crippen LogP contribution in [0, 0.1) is 5.41 Å². The van der Waals surface area contributed by atoms with Crippen LogP contribution in [0.1, 0.15) is 29.7 Å². The first-order valence-corrected chi connectivity index (χ1v) is 12.7. The van der Waals surface area contributed by atoms with E-state index in [1.807, 2.05) is 22.9 Å². The van der Waals surface area contributed by atoms with Gasteiger partial charge in [0.05, 0.1) is 11.1 Å². The van der Waals surface area contributed by atoms with Crippen molar-refractivity contribution in [1.82, 2.24) is 24.3 Å². The zero-order chi connectivity index (χ0) is 24.5. The van der Waals surface area contributed by atoms with Gasteiger partial charge in [-0.2, -0.15) is 13.2 Å². The molecule has 1 aliphatic heterocycles. The van der Waals surface area contributed by atoms with Gasteiger partial charge in [-0.15, -0.1) is 0 Å². The predicted octanol–water partition coefficient (Wildman–Crippen LogP) is 5.67. The first-order valence-electron chi connectivity index (χ1n) is 11.9. The lowest BCUT2D eigenvalue weighted by atomic mass is 9.76. The second-order valence-corrected chi connectivity index (χ2v) is 10.8. The highest BCUT2D eigenvalue weighted by atomic mass is 32.2. The van der Waals surface area contributed by atoms with E-state index in [0.29, 0.717) is 16.0 Å². The number of anilines is 1. The summed E-state index contributed by atoms with van der Waals surface area (Å²) >= 11 is 1.03. The summed E-state index contributed by atoms with van der Waals surface area (Å²) in [7, 11) is 0. The van der Waals surface area contributed by atoms with Gasteiger partial charge in [0.15, 0.2) is 17.2 Å². The van der Waals surface area contributed by atoms with E-state index in [0.717, 1.165) is 73.7 Å². The molecule has 5 aromatic heterocycles. The van der Waals surface area contributed by atoms with Crippen molar-refractivity contribution in [2.24, 2.45) is 5.41 Å². The molecule has 10 heteroatoms. The highest BCUT2D eigenvalue weighted by Crippen LogP contribution is 2.46. The molecule has 182 valence electrons. The predicted molar refractivity (Wildman–Crippen MR) is 131 cm³/mol. The zero-order valence-electron chi connectivity index (χ0n) is 19.2. The summed E-state index contributed by atoms with van der Waals surface area (Å²) in [6.07, 6.45) is 6.68. The van der Waals surface area contributed by atoms with Crippen LogP contribution in [0.5, 0.6) is 0 Å². The minimum absolute atomic E-state index is 0.0543. The van der Waals surface area contributed by atoms with E-state index in [4.69, 9.17) is 4.98 Å². The van der Waals surface area contributed by atoms with Gasteiger partial charge in [0.25, 0.3) is 0 Å². The van der Waals surface area contributed by atoms with Crippen molar-refractivity contribution in [1.29, 1.82) is 0 Å². The summed E-state index contributed by atoms with van der Waals surface area (Å²) in [5.74, 6) is 0.893. The van der Waals surface area contributed by atoms with Gasteiger partial charge < -0.3 is 4.90 Å². The summed E-state index contributed by atoms with van der Waals surface area (Å²) < 4.78 is 42.3. The third-order valence-electron chi connectivity index (χ3n) is 7.56. The highest BCUT2D eigenvalue weighted by Gasteiger charge is 2.40. The Balaban J connectivity index is 1.17. The second kappa shape index (κ2) is 7.80. The number of rotatable bonds is 3. The Kier molecular flexibility index (Phi) is 4.73. The summed E-state index contributed by atoms with van der Waals surface area (Å²) in [4.78, 5) is 20.4. The van der Waals surface area contributed by atoms with Gasteiger partial charge in [0, 0.05) is 36.6 Å². The van der Waals surface area contributed by atoms with Crippen molar-refractivity contribution in [2.75, 3.05) is 18.0 Å². The Morgan fingerprint density at radius 2 is 1.72 bits per heavy atom. The van der Waals surface area contributed by atoms with Crippen LogP contribution in [0.25, 0.3) is 16.8 Å². The maximum Gasteiger partial charge on any atom is 0.434 e. The first-order chi connectivity index (χ1) is 17.4. The first kappa shape index (κ1) is 21.8. The Morgan fingerprint density at radius 3 is 2.53 bits per heavy atom. The quantitative estimate of drug-likeness (QED) is 0.315. The fraction of sp³-hybridized carbons (Fsp3) is 0.308. The molecule has 7 rings (SSSR count).